The average molecular weight is 247 g/mol. The maximum absolute atomic E-state index is 10.5. The van der Waals surface area contributed by atoms with Gasteiger partial charge in [0.15, 0.2) is 0 Å². The molecule has 0 aliphatic heterocycles. The van der Waals surface area contributed by atoms with E-state index in [2.05, 4.69) is 10.3 Å². The Labute approximate surface area is 104 Å². The molecule has 2 heterocycles. The highest BCUT2D eigenvalue weighted by atomic mass is 16.6. The number of anilines is 1. The number of furan rings is 1. The molecule has 0 aliphatic carbocycles. The van der Waals surface area contributed by atoms with Gasteiger partial charge in [0.2, 0.25) is 0 Å². The van der Waals surface area contributed by atoms with Gasteiger partial charge in [-0.05, 0) is 32.0 Å². The van der Waals surface area contributed by atoms with Crippen LogP contribution in [0.4, 0.5) is 11.5 Å². The lowest BCUT2D eigenvalue weighted by Gasteiger charge is -2.11. The number of aryl methyl sites for hydroxylation is 1. The van der Waals surface area contributed by atoms with E-state index in [0.29, 0.717) is 5.82 Å². The van der Waals surface area contributed by atoms with Crippen LogP contribution in [0.15, 0.2) is 34.9 Å². The molecule has 0 amide bonds. The Morgan fingerprint density at radius 2 is 2.17 bits per heavy atom. The second-order valence-electron chi connectivity index (χ2n) is 3.97. The molecule has 0 fully saturated rings. The van der Waals surface area contributed by atoms with Gasteiger partial charge in [-0.25, -0.2) is 4.98 Å². The Bertz CT molecular complexity index is 548. The fraction of sp³-hybridized carbons (Fsp3) is 0.250. The lowest BCUT2D eigenvalue weighted by atomic mass is 10.2. The number of pyridine rings is 1. The standard InChI is InChI=1S/C12H13N3O3/c1-8-3-5-11(18-8)9(2)14-12-6-4-10(7-13-12)15(16)17/h3-7,9H,1-2H3,(H,13,14). The van der Waals surface area contributed by atoms with Gasteiger partial charge < -0.3 is 9.73 Å². The van der Waals surface area contributed by atoms with Crippen molar-refractivity contribution in [2.45, 2.75) is 19.9 Å². The van der Waals surface area contributed by atoms with Crippen LogP contribution >= 0.6 is 0 Å². The third-order valence-electron chi connectivity index (χ3n) is 2.51. The molecule has 0 aliphatic rings. The van der Waals surface area contributed by atoms with Crippen molar-refractivity contribution in [3.8, 4) is 0 Å². The molecule has 6 nitrogen and oxygen atoms in total. The Kier molecular flexibility index (Phi) is 3.27. The maximum atomic E-state index is 10.5. The number of nitro groups is 1. The largest absolute Gasteiger partial charge is 0.464 e. The highest BCUT2D eigenvalue weighted by Gasteiger charge is 2.11. The maximum Gasteiger partial charge on any atom is 0.287 e. The zero-order valence-electron chi connectivity index (χ0n) is 10.1. The van der Waals surface area contributed by atoms with E-state index in [1.807, 2.05) is 26.0 Å². The summed E-state index contributed by atoms with van der Waals surface area (Å²) in [6, 6.07) is 6.71. The van der Waals surface area contributed by atoms with Crippen molar-refractivity contribution in [3.05, 3.63) is 52.1 Å². The van der Waals surface area contributed by atoms with Gasteiger partial charge in [-0.2, -0.15) is 0 Å². The van der Waals surface area contributed by atoms with Gasteiger partial charge in [-0.1, -0.05) is 0 Å². The van der Waals surface area contributed by atoms with E-state index < -0.39 is 4.92 Å². The van der Waals surface area contributed by atoms with Crippen molar-refractivity contribution in [1.82, 2.24) is 4.98 Å². The molecule has 0 saturated carbocycles. The molecule has 1 N–H and O–H groups in total. The Balaban J connectivity index is 2.07. The van der Waals surface area contributed by atoms with Gasteiger partial charge in [0.1, 0.15) is 23.5 Å². The number of nitrogens with one attached hydrogen (secondary N) is 1. The predicted molar refractivity (Wildman–Crippen MR) is 66.4 cm³/mol. The minimum atomic E-state index is -0.476. The molecule has 0 saturated heterocycles. The van der Waals surface area contributed by atoms with Crippen molar-refractivity contribution in [1.29, 1.82) is 0 Å². The number of nitrogens with zero attached hydrogens (tertiary/aromatic N) is 2. The van der Waals surface area contributed by atoms with Crippen LogP contribution in [-0.2, 0) is 0 Å². The molecule has 2 aromatic rings. The molecule has 1 unspecified atom stereocenters. The van der Waals surface area contributed by atoms with Crippen molar-refractivity contribution < 1.29 is 9.34 Å². The van der Waals surface area contributed by atoms with Gasteiger partial charge in [0.25, 0.3) is 5.69 Å². The zero-order valence-corrected chi connectivity index (χ0v) is 10.1. The highest BCUT2D eigenvalue weighted by molar-refractivity contribution is 5.41. The Morgan fingerprint density at radius 3 is 2.67 bits per heavy atom. The van der Waals surface area contributed by atoms with Gasteiger partial charge >= 0.3 is 0 Å². The zero-order chi connectivity index (χ0) is 13.1. The monoisotopic (exact) mass is 247 g/mol. The first-order chi connectivity index (χ1) is 8.56. The molecule has 94 valence electrons. The summed E-state index contributed by atoms with van der Waals surface area (Å²) in [6.07, 6.45) is 1.22. The summed E-state index contributed by atoms with van der Waals surface area (Å²) < 4.78 is 5.48. The van der Waals surface area contributed by atoms with Gasteiger partial charge in [0.05, 0.1) is 11.0 Å². The summed E-state index contributed by atoms with van der Waals surface area (Å²) in [6.45, 7) is 3.81. The minimum absolute atomic E-state index is 0.0259. The molecule has 2 aromatic heterocycles. The smallest absolute Gasteiger partial charge is 0.287 e. The summed E-state index contributed by atoms with van der Waals surface area (Å²) in [4.78, 5) is 14.0. The van der Waals surface area contributed by atoms with Gasteiger partial charge in [-0.15, -0.1) is 0 Å². The molecular formula is C12H13N3O3. The summed E-state index contributed by atoms with van der Waals surface area (Å²) in [5, 5.41) is 13.6. The van der Waals surface area contributed by atoms with Crippen LogP contribution < -0.4 is 5.32 Å². The SMILES string of the molecule is Cc1ccc(C(C)Nc2ccc([N+](=O)[O-])cn2)o1. The Morgan fingerprint density at radius 1 is 1.39 bits per heavy atom. The Hall–Kier alpha value is -2.37. The minimum Gasteiger partial charge on any atom is -0.464 e. The summed E-state index contributed by atoms with van der Waals surface area (Å²) in [7, 11) is 0. The quantitative estimate of drug-likeness (QED) is 0.663. The first-order valence-electron chi connectivity index (χ1n) is 5.49. The molecular weight excluding hydrogens is 234 g/mol. The molecule has 1 atom stereocenters. The van der Waals surface area contributed by atoms with Crippen LogP contribution in [0.3, 0.4) is 0 Å². The first-order valence-corrected chi connectivity index (χ1v) is 5.49. The second kappa shape index (κ2) is 4.87. The van der Waals surface area contributed by atoms with E-state index in [1.54, 1.807) is 6.07 Å². The third kappa shape index (κ3) is 2.65. The third-order valence-corrected chi connectivity index (χ3v) is 2.51. The molecule has 0 bridgehead atoms. The lowest BCUT2D eigenvalue weighted by molar-refractivity contribution is -0.385. The topological polar surface area (TPSA) is 81.2 Å². The van der Waals surface area contributed by atoms with E-state index in [9.17, 15) is 10.1 Å². The molecule has 0 aromatic carbocycles. The first kappa shape index (κ1) is 12.1. The lowest BCUT2D eigenvalue weighted by Crippen LogP contribution is -2.06. The van der Waals surface area contributed by atoms with Crippen molar-refractivity contribution in [2.24, 2.45) is 0 Å². The van der Waals surface area contributed by atoms with Crippen molar-refractivity contribution in [2.75, 3.05) is 5.32 Å². The summed E-state index contributed by atoms with van der Waals surface area (Å²) in [5.41, 5.74) is -0.0259. The van der Waals surface area contributed by atoms with Crippen LogP contribution in [-0.4, -0.2) is 9.91 Å². The van der Waals surface area contributed by atoms with Gasteiger partial charge in [-0.3, -0.25) is 10.1 Å². The van der Waals surface area contributed by atoms with Crippen LogP contribution in [0.25, 0.3) is 0 Å². The van der Waals surface area contributed by atoms with Crippen LogP contribution in [0.2, 0.25) is 0 Å². The van der Waals surface area contributed by atoms with Crippen LogP contribution in [0, 0.1) is 17.0 Å². The van der Waals surface area contributed by atoms with Gasteiger partial charge in [0, 0.05) is 6.07 Å². The second-order valence-corrected chi connectivity index (χ2v) is 3.97. The van der Waals surface area contributed by atoms with E-state index in [-0.39, 0.29) is 11.7 Å². The molecule has 0 spiro atoms. The van der Waals surface area contributed by atoms with Crippen molar-refractivity contribution >= 4 is 11.5 Å². The summed E-state index contributed by atoms with van der Waals surface area (Å²) >= 11 is 0. The fourth-order valence-corrected chi connectivity index (χ4v) is 1.56. The van der Waals surface area contributed by atoms with Crippen molar-refractivity contribution in [3.63, 3.8) is 0 Å². The normalized spacial score (nSPS) is 12.1. The highest BCUT2D eigenvalue weighted by Crippen LogP contribution is 2.20. The van der Waals surface area contributed by atoms with Crippen LogP contribution in [0.1, 0.15) is 24.5 Å². The molecule has 2 rings (SSSR count). The number of hydrogen-bond acceptors (Lipinski definition) is 5. The fourth-order valence-electron chi connectivity index (χ4n) is 1.56. The number of aromatic nitrogens is 1. The molecule has 18 heavy (non-hydrogen) atoms. The van der Waals surface area contributed by atoms with E-state index >= 15 is 0 Å². The van der Waals surface area contributed by atoms with Crippen LogP contribution in [0.5, 0.6) is 0 Å². The number of rotatable bonds is 4. The van der Waals surface area contributed by atoms with E-state index in [4.69, 9.17) is 4.42 Å². The molecule has 0 radical (unpaired) electrons. The van der Waals surface area contributed by atoms with E-state index in [0.717, 1.165) is 11.5 Å². The summed E-state index contributed by atoms with van der Waals surface area (Å²) in [5.74, 6) is 2.21. The van der Waals surface area contributed by atoms with E-state index in [1.165, 1.54) is 12.3 Å². The average Bonchev–Trinajstić information content (AvgIpc) is 2.76. The number of hydrogen-bond donors (Lipinski definition) is 1. The molecule has 6 heteroatoms. The predicted octanol–water partition coefficient (Wildman–Crippen LogP) is 3.06.